The molecule has 0 fully saturated rings. The maximum atomic E-state index is 13.0. The first-order chi connectivity index (χ1) is 11.0. The molecular formula is C15H13BrN2O2S3. The first kappa shape index (κ1) is 16.8. The van der Waals surface area contributed by atoms with Gasteiger partial charge in [0.25, 0.3) is 0 Å². The first-order valence-electron chi connectivity index (χ1n) is 6.61. The lowest BCUT2D eigenvalue weighted by molar-refractivity contribution is 0.595. The lowest BCUT2D eigenvalue weighted by Crippen LogP contribution is -2.03. The third kappa shape index (κ3) is 2.88. The molecule has 0 spiro atoms. The third-order valence-corrected chi connectivity index (χ3v) is 8.08. The van der Waals surface area contributed by atoms with E-state index in [1.54, 1.807) is 36.0 Å². The van der Waals surface area contributed by atoms with Gasteiger partial charge in [-0.2, -0.15) is 0 Å². The Morgan fingerprint density at radius 3 is 2.96 bits per heavy atom. The van der Waals surface area contributed by atoms with Crippen LogP contribution in [-0.4, -0.2) is 24.2 Å². The molecule has 3 rings (SSSR count). The molecule has 120 valence electrons. The van der Waals surface area contributed by atoms with Crippen LogP contribution in [-0.2, 0) is 16.4 Å². The number of halogens is 1. The van der Waals surface area contributed by atoms with E-state index in [9.17, 15) is 8.42 Å². The summed E-state index contributed by atoms with van der Waals surface area (Å²) in [6, 6.07) is 4.95. The summed E-state index contributed by atoms with van der Waals surface area (Å²) in [5, 5.41) is 1.80. The second-order valence-corrected chi connectivity index (χ2v) is 9.50. The minimum atomic E-state index is -3.57. The normalized spacial score (nSPS) is 11.9. The second-order valence-electron chi connectivity index (χ2n) is 4.74. The van der Waals surface area contributed by atoms with Gasteiger partial charge in [0.15, 0.2) is 0 Å². The van der Waals surface area contributed by atoms with Gasteiger partial charge in [0.05, 0.1) is 25.8 Å². The van der Waals surface area contributed by atoms with Crippen molar-refractivity contribution in [3.05, 3.63) is 47.0 Å². The number of sulfone groups is 1. The lowest BCUT2D eigenvalue weighted by atomic mass is 10.3. The molecule has 0 saturated heterocycles. The fraction of sp³-hybridized carbons (Fsp3) is 0.133. The van der Waals surface area contributed by atoms with E-state index in [0.29, 0.717) is 15.9 Å². The first-order valence-corrected chi connectivity index (χ1v) is 11.0. The molecule has 0 aliphatic rings. The van der Waals surface area contributed by atoms with Gasteiger partial charge in [0.1, 0.15) is 5.52 Å². The van der Waals surface area contributed by atoms with Crippen LogP contribution in [0.1, 0.15) is 0 Å². The smallest absolute Gasteiger partial charge is 0.208 e. The predicted molar refractivity (Wildman–Crippen MR) is 99.2 cm³/mol. The number of benzene rings is 1. The highest BCUT2D eigenvalue weighted by molar-refractivity contribution is 9.10. The molecule has 0 aliphatic carbocycles. The van der Waals surface area contributed by atoms with Crippen LogP contribution in [0.5, 0.6) is 0 Å². The summed E-state index contributed by atoms with van der Waals surface area (Å²) in [5.74, 6) is 0. The van der Waals surface area contributed by atoms with Gasteiger partial charge in [-0.1, -0.05) is 6.08 Å². The number of imidazole rings is 1. The van der Waals surface area contributed by atoms with Crippen LogP contribution < -0.4 is 0 Å². The molecular weight excluding hydrogens is 416 g/mol. The molecule has 1 aromatic carbocycles. The number of hydrogen-bond donors (Lipinski definition) is 0. The summed E-state index contributed by atoms with van der Waals surface area (Å²) in [5.41, 5.74) is 1.50. The topological polar surface area (TPSA) is 52.0 Å². The highest BCUT2D eigenvalue weighted by Crippen LogP contribution is 2.36. The van der Waals surface area contributed by atoms with Crippen molar-refractivity contribution in [2.45, 2.75) is 20.5 Å². The van der Waals surface area contributed by atoms with Crippen molar-refractivity contribution in [1.29, 1.82) is 0 Å². The van der Waals surface area contributed by atoms with Gasteiger partial charge in [0.2, 0.25) is 9.84 Å². The highest BCUT2D eigenvalue weighted by Gasteiger charge is 2.24. The van der Waals surface area contributed by atoms with E-state index in [4.69, 9.17) is 0 Å². The minimum absolute atomic E-state index is 0.261. The fourth-order valence-electron chi connectivity index (χ4n) is 2.30. The molecule has 4 nitrogen and oxygen atoms in total. The third-order valence-electron chi connectivity index (χ3n) is 3.36. The quantitative estimate of drug-likeness (QED) is 0.439. The average Bonchev–Trinajstić information content (AvgIpc) is 3.15. The molecule has 0 atom stereocenters. The zero-order valence-corrected chi connectivity index (χ0v) is 16.2. The van der Waals surface area contributed by atoms with Crippen LogP contribution in [0, 0.1) is 0 Å². The summed E-state index contributed by atoms with van der Waals surface area (Å²) >= 11 is 6.31. The monoisotopic (exact) mass is 428 g/mol. The summed E-state index contributed by atoms with van der Waals surface area (Å²) in [4.78, 5) is 4.95. The van der Waals surface area contributed by atoms with E-state index in [1.165, 1.54) is 23.1 Å². The van der Waals surface area contributed by atoms with Crippen LogP contribution >= 0.6 is 39.0 Å². The maximum absolute atomic E-state index is 13.0. The van der Waals surface area contributed by atoms with Gasteiger partial charge in [-0.05, 0) is 45.8 Å². The van der Waals surface area contributed by atoms with E-state index in [0.717, 1.165) is 15.2 Å². The molecule has 0 radical (unpaired) electrons. The molecule has 2 aromatic heterocycles. The van der Waals surface area contributed by atoms with E-state index in [-0.39, 0.29) is 4.90 Å². The van der Waals surface area contributed by atoms with Crippen LogP contribution in [0.4, 0.5) is 0 Å². The fourth-order valence-corrected chi connectivity index (χ4v) is 6.73. The van der Waals surface area contributed by atoms with Gasteiger partial charge in [0, 0.05) is 11.0 Å². The predicted octanol–water partition coefficient (Wildman–Crippen LogP) is 4.60. The van der Waals surface area contributed by atoms with Crippen molar-refractivity contribution in [2.24, 2.45) is 0 Å². The molecule has 3 aromatic rings. The number of rotatable bonds is 5. The van der Waals surface area contributed by atoms with E-state index in [1.807, 2.05) is 10.8 Å². The van der Waals surface area contributed by atoms with E-state index < -0.39 is 9.84 Å². The Morgan fingerprint density at radius 1 is 1.48 bits per heavy atom. The molecule has 2 heterocycles. The zero-order valence-electron chi connectivity index (χ0n) is 12.2. The lowest BCUT2D eigenvalue weighted by Gasteiger charge is -2.07. The molecule has 0 unspecified atom stereocenters. The van der Waals surface area contributed by atoms with Crippen LogP contribution in [0.3, 0.4) is 0 Å². The number of allylic oxidation sites excluding steroid dienone is 1. The number of thioether (sulfide) groups is 1. The molecule has 23 heavy (non-hydrogen) atoms. The molecule has 0 aliphatic heterocycles. The van der Waals surface area contributed by atoms with E-state index in [2.05, 4.69) is 27.5 Å². The van der Waals surface area contributed by atoms with Crippen molar-refractivity contribution >= 4 is 59.9 Å². The van der Waals surface area contributed by atoms with Crippen molar-refractivity contribution in [2.75, 3.05) is 6.26 Å². The second kappa shape index (κ2) is 6.43. The Kier molecular flexibility index (Phi) is 4.68. The van der Waals surface area contributed by atoms with Gasteiger partial charge in [-0.15, -0.1) is 29.7 Å². The minimum Gasteiger partial charge on any atom is -0.327 e. The molecule has 0 N–H and O–H groups in total. The Bertz CT molecular complexity index is 989. The Hall–Kier alpha value is -1.09. The zero-order chi connectivity index (χ0) is 16.6. The Morgan fingerprint density at radius 2 is 2.26 bits per heavy atom. The van der Waals surface area contributed by atoms with Crippen LogP contribution in [0.2, 0.25) is 0 Å². The Balaban J connectivity index is 2.23. The number of aromatic nitrogens is 2. The van der Waals surface area contributed by atoms with E-state index >= 15 is 0 Å². The maximum Gasteiger partial charge on any atom is 0.208 e. The van der Waals surface area contributed by atoms with Crippen molar-refractivity contribution in [3.8, 4) is 0 Å². The van der Waals surface area contributed by atoms with Crippen molar-refractivity contribution < 1.29 is 8.42 Å². The molecule has 0 saturated carbocycles. The number of nitrogens with zero attached hydrogens (tertiary/aromatic N) is 2. The van der Waals surface area contributed by atoms with Crippen LogP contribution in [0.25, 0.3) is 11.0 Å². The van der Waals surface area contributed by atoms with Gasteiger partial charge in [-0.3, -0.25) is 0 Å². The number of fused-ring (bicyclic) bond motifs is 1. The number of hydrogen-bond acceptors (Lipinski definition) is 5. The highest BCUT2D eigenvalue weighted by atomic mass is 79.9. The van der Waals surface area contributed by atoms with Gasteiger partial charge >= 0.3 is 0 Å². The van der Waals surface area contributed by atoms with Gasteiger partial charge < -0.3 is 4.57 Å². The summed E-state index contributed by atoms with van der Waals surface area (Å²) in [6.45, 7) is 4.29. The van der Waals surface area contributed by atoms with Crippen LogP contribution in [0.15, 0.2) is 61.0 Å². The van der Waals surface area contributed by atoms with Gasteiger partial charge in [-0.25, -0.2) is 13.4 Å². The van der Waals surface area contributed by atoms with Crippen molar-refractivity contribution in [3.63, 3.8) is 0 Å². The summed E-state index contributed by atoms with van der Waals surface area (Å²) < 4.78 is 29.3. The summed E-state index contributed by atoms with van der Waals surface area (Å²) in [6.07, 6.45) is 5.31. The number of thiophene rings is 1. The SMILES string of the molecule is C=CCn1cnc2c(Br)cc(S(=O)(=O)c3ccsc3SC)cc21. The average molecular weight is 429 g/mol. The molecule has 0 amide bonds. The molecule has 0 bridgehead atoms. The molecule has 8 heteroatoms. The van der Waals surface area contributed by atoms with Crippen molar-refractivity contribution in [1.82, 2.24) is 9.55 Å². The summed E-state index contributed by atoms with van der Waals surface area (Å²) in [7, 11) is -3.57. The largest absolute Gasteiger partial charge is 0.327 e. The standard InChI is InChI=1S/C15H13BrN2O2S3/c1-3-5-18-9-17-14-11(16)7-10(8-12(14)18)23(19,20)13-4-6-22-15(13)21-2/h3-4,6-9H,1,5H2,2H3. The Labute approximate surface area is 151 Å².